The Kier molecular flexibility index (Phi) is 6.90. The van der Waals surface area contributed by atoms with Gasteiger partial charge in [0.2, 0.25) is 0 Å². The Hall–Kier alpha value is -3.86. The molecule has 1 saturated carbocycles. The van der Waals surface area contributed by atoms with E-state index >= 15 is 0 Å². The van der Waals surface area contributed by atoms with Crippen molar-refractivity contribution in [2.24, 2.45) is 5.92 Å². The Morgan fingerprint density at radius 2 is 1.61 bits per heavy atom. The molecule has 1 aliphatic rings. The highest BCUT2D eigenvalue weighted by Crippen LogP contribution is 2.39. The SMILES string of the molecule is CCOC(=O)c1c(C)n(-c2ccccc2)c2ccc(OC(=O)C(c3ccccc3)C3CCCC3)cc12. The third-order valence-corrected chi connectivity index (χ3v) is 7.17. The van der Waals surface area contributed by atoms with E-state index in [-0.39, 0.29) is 30.4 Å². The highest BCUT2D eigenvalue weighted by atomic mass is 16.5. The fourth-order valence-corrected chi connectivity index (χ4v) is 5.56. The Labute approximate surface area is 211 Å². The lowest BCUT2D eigenvalue weighted by molar-refractivity contribution is -0.137. The summed E-state index contributed by atoms with van der Waals surface area (Å²) in [5, 5.41) is 0.706. The molecule has 5 rings (SSSR count). The second-order valence-electron chi connectivity index (χ2n) is 9.38. The van der Waals surface area contributed by atoms with E-state index in [0.717, 1.165) is 48.1 Å². The second kappa shape index (κ2) is 10.4. The first-order chi connectivity index (χ1) is 17.6. The van der Waals surface area contributed by atoms with Crippen molar-refractivity contribution in [2.75, 3.05) is 6.61 Å². The van der Waals surface area contributed by atoms with Crippen LogP contribution in [0.15, 0.2) is 78.9 Å². The Morgan fingerprint density at radius 1 is 0.944 bits per heavy atom. The third kappa shape index (κ3) is 4.53. The zero-order valence-corrected chi connectivity index (χ0v) is 20.8. The average molecular weight is 482 g/mol. The van der Waals surface area contributed by atoms with Crippen molar-refractivity contribution in [2.45, 2.75) is 45.4 Å². The number of para-hydroxylation sites is 1. The maximum Gasteiger partial charge on any atom is 0.340 e. The summed E-state index contributed by atoms with van der Waals surface area (Å²) in [5.41, 5.74) is 4.08. The summed E-state index contributed by atoms with van der Waals surface area (Å²) in [4.78, 5) is 26.5. The smallest absolute Gasteiger partial charge is 0.340 e. The van der Waals surface area contributed by atoms with Gasteiger partial charge in [0, 0.05) is 16.8 Å². The topological polar surface area (TPSA) is 57.5 Å². The molecule has 1 unspecified atom stereocenters. The number of fused-ring (bicyclic) bond motifs is 1. The zero-order chi connectivity index (χ0) is 25.1. The van der Waals surface area contributed by atoms with Crippen molar-refractivity contribution in [1.29, 1.82) is 0 Å². The van der Waals surface area contributed by atoms with Gasteiger partial charge in [0.05, 0.1) is 23.6 Å². The molecule has 4 aromatic rings. The number of hydrogen-bond acceptors (Lipinski definition) is 4. The third-order valence-electron chi connectivity index (χ3n) is 7.17. The summed E-state index contributed by atoms with van der Waals surface area (Å²) in [6.45, 7) is 3.99. The lowest BCUT2D eigenvalue weighted by atomic mass is 9.85. The van der Waals surface area contributed by atoms with Crippen LogP contribution in [0.2, 0.25) is 0 Å². The number of hydrogen-bond donors (Lipinski definition) is 0. The van der Waals surface area contributed by atoms with Crippen molar-refractivity contribution in [3.05, 3.63) is 95.7 Å². The van der Waals surface area contributed by atoms with Crippen LogP contribution in [0.1, 0.15) is 60.1 Å². The van der Waals surface area contributed by atoms with Crippen molar-refractivity contribution in [3.63, 3.8) is 0 Å². The summed E-state index contributed by atoms with van der Waals surface area (Å²) in [5.74, 6) is -0.220. The molecule has 1 fully saturated rings. The maximum atomic E-state index is 13.5. The summed E-state index contributed by atoms with van der Waals surface area (Å²) in [6, 6.07) is 25.3. The Morgan fingerprint density at radius 3 is 2.28 bits per heavy atom. The van der Waals surface area contributed by atoms with Crippen molar-refractivity contribution >= 4 is 22.8 Å². The largest absolute Gasteiger partial charge is 0.462 e. The second-order valence-corrected chi connectivity index (χ2v) is 9.38. The van der Waals surface area contributed by atoms with Gasteiger partial charge in [-0.1, -0.05) is 61.4 Å². The molecule has 0 aliphatic heterocycles. The monoisotopic (exact) mass is 481 g/mol. The predicted molar refractivity (Wildman–Crippen MR) is 141 cm³/mol. The van der Waals surface area contributed by atoms with Crippen molar-refractivity contribution in [1.82, 2.24) is 4.57 Å². The molecule has 3 aromatic carbocycles. The molecule has 0 amide bonds. The first-order valence-corrected chi connectivity index (χ1v) is 12.7. The molecule has 1 heterocycles. The first-order valence-electron chi connectivity index (χ1n) is 12.7. The Balaban J connectivity index is 1.55. The minimum Gasteiger partial charge on any atom is -0.462 e. The van der Waals surface area contributed by atoms with Crippen LogP contribution in [0.5, 0.6) is 5.75 Å². The molecular weight excluding hydrogens is 450 g/mol. The molecule has 0 bridgehead atoms. The minimum atomic E-state index is -0.383. The molecule has 184 valence electrons. The van der Waals surface area contributed by atoms with Crippen LogP contribution in [0.3, 0.4) is 0 Å². The van der Waals surface area contributed by atoms with Gasteiger partial charge in [-0.2, -0.15) is 0 Å². The molecular formula is C31H31NO4. The van der Waals surface area contributed by atoms with E-state index in [4.69, 9.17) is 9.47 Å². The molecule has 0 spiro atoms. The number of esters is 2. The molecule has 0 radical (unpaired) electrons. The van der Waals surface area contributed by atoms with Gasteiger partial charge < -0.3 is 14.0 Å². The van der Waals surface area contributed by atoms with Crippen molar-refractivity contribution < 1.29 is 19.1 Å². The minimum absolute atomic E-state index is 0.246. The van der Waals surface area contributed by atoms with Gasteiger partial charge in [-0.15, -0.1) is 0 Å². The molecule has 1 aliphatic carbocycles. The molecule has 5 nitrogen and oxygen atoms in total. The number of rotatable bonds is 7. The standard InChI is InChI=1S/C31H31NO4/c1-3-35-30(33)28-21(2)32(24-16-8-5-9-17-24)27-19-18-25(20-26(27)28)36-31(34)29(23-14-10-11-15-23)22-12-6-4-7-13-22/h4-9,12-13,16-20,23,29H,3,10-11,14-15H2,1-2H3. The lowest BCUT2D eigenvalue weighted by Gasteiger charge is -2.22. The van der Waals surface area contributed by atoms with E-state index in [1.54, 1.807) is 13.0 Å². The number of aromatic nitrogens is 1. The van der Waals surface area contributed by atoms with E-state index in [1.807, 2.05) is 84.3 Å². The van der Waals surface area contributed by atoms with Crippen LogP contribution in [0.25, 0.3) is 16.6 Å². The van der Waals surface area contributed by atoms with Crippen LogP contribution < -0.4 is 4.74 Å². The molecule has 1 aromatic heterocycles. The van der Waals surface area contributed by atoms with Gasteiger partial charge in [-0.3, -0.25) is 4.79 Å². The van der Waals surface area contributed by atoms with Gasteiger partial charge in [0.25, 0.3) is 0 Å². The fourth-order valence-electron chi connectivity index (χ4n) is 5.56. The van der Waals surface area contributed by atoms with E-state index < -0.39 is 0 Å². The van der Waals surface area contributed by atoms with Gasteiger partial charge in [0.15, 0.2) is 0 Å². The molecule has 36 heavy (non-hydrogen) atoms. The summed E-state index contributed by atoms with van der Waals surface area (Å²) in [7, 11) is 0. The number of ether oxygens (including phenoxy) is 2. The number of carbonyl (C=O) groups is 2. The molecule has 0 N–H and O–H groups in total. The van der Waals surface area contributed by atoms with Crippen LogP contribution in [0, 0.1) is 12.8 Å². The van der Waals surface area contributed by atoms with E-state index in [1.165, 1.54) is 0 Å². The number of carbonyl (C=O) groups excluding carboxylic acids is 2. The maximum absolute atomic E-state index is 13.5. The van der Waals surface area contributed by atoms with Crippen LogP contribution in [-0.4, -0.2) is 23.1 Å². The van der Waals surface area contributed by atoms with Crippen LogP contribution in [0.4, 0.5) is 0 Å². The van der Waals surface area contributed by atoms with Crippen molar-refractivity contribution in [3.8, 4) is 11.4 Å². The molecule has 0 saturated heterocycles. The van der Waals surface area contributed by atoms with E-state index in [0.29, 0.717) is 16.7 Å². The van der Waals surface area contributed by atoms with Crippen LogP contribution in [-0.2, 0) is 9.53 Å². The zero-order valence-electron chi connectivity index (χ0n) is 20.8. The van der Waals surface area contributed by atoms with Crippen LogP contribution >= 0.6 is 0 Å². The van der Waals surface area contributed by atoms with E-state index in [9.17, 15) is 9.59 Å². The average Bonchev–Trinajstić information content (AvgIpc) is 3.51. The number of nitrogens with zero attached hydrogens (tertiary/aromatic N) is 1. The summed E-state index contributed by atoms with van der Waals surface area (Å²) < 4.78 is 13.4. The highest BCUT2D eigenvalue weighted by Gasteiger charge is 2.33. The first kappa shape index (κ1) is 23.9. The normalized spacial score (nSPS) is 14.6. The highest BCUT2D eigenvalue weighted by molar-refractivity contribution is 6.07. The fraction of sp³-hybridized carbons (Fsp3) is 0.290. The quantitative estimate of drug-likeness (QED) is 0.211. The van der Waals surface area contributed by atoms with Gasteiger partial charge in [-0.05, 0) is 68.5 Å². The molecule has 1 atom stereocenters. The number of benzene rings is 3. The molecule has 5 heteroatoms. The van der Waals surface area contributed by atoms with Gasteiger partial charge >= 0.3 is 11.9 Å². The van der Waals surface area contributed by atoms with Gasteiger partial charge in [0.1, 0.15) is 5.75 Å². The Bertz CT molecular complexity index is 1370. The predicted octanol–water partition coefficient (Wildman–Crippen LogP) is 7.00. The lowest BCUT2D eigenvalue weighted by Crippen LogP contribution is -2.24. The van der Waals surface area contributed by atoms with Gasteiger partial charge in [-0.25, -0.2) is 4.79 Å². The summed E-state index contributed by atoms with van der Waals surface area (Å²) >= 11 is 0. The van der Waals surface area contributed by atoms with E-state index in [2.05, 4.69) is 0 Å². The summed E-state index contributed by atoms with van der Waals surface area (Å²) in [6.07, 6.45) is 4.34.